The van der Waals surface area contributed by atoms with Crippen molar-refractivity contribution in [3.05, 3.63) is 60.1 Å². The average molecular weight is 292 g/mol. The van der Waals surface area contributed by atoms with E-state index in [1.165, 1.54) is 4.90 Å². The summed E-state index contributed by atoms with van der Waals surface area (Å²) in [6, 6.07) is 15.9. The summed E-state index contributed by atoms with van der Waals surface area (Å²) in [5.74, 6) is 2.15. The van der Waals surface area contributed by atoms with Crippen LogP contribution in [0.5, 0.6) is 0 Å². The third-order valence-electron chi connectivity index (χ3n) is 4.47. The highest BCUT2D eigenvalue weighted by molar-refractivity contribution is 6.69. The lowest BCUT2D eigenvalue weighted by Crippen LogP contribution is -2.56. The third kappa shape index (κ3) is 1.76. The predicted molar refractivity (Wildman–Crippen MR) is 96.4 cm³/mol. The van der Waals surface area contributed by atoms with Gasteiger partial charge in [-0.3, -0.25) is 5.01 Å². The topological polar surface area (TPSA) is 9.72 Å². The van der Waals surface area contributed by atoms with Crippen molar-refractivity contribution in [2.75, 3.05) is 21.8 Å². The molecule has 3 nitrogen and oxygen atoms in total. The highest BCUT2D eigenvalue weighted by Gasteiger charge is 2.38. The van der Waals surface area contributed by atoms with Gasteiger partial charge in [-0.25, -0.2) is 0 Å². The molecule has 0 bridgehead atoms. The Morgan fingerprint density at radius 2 is 1.68 bits per heavy atom. The fourth-order valence-electron chi connectivity index (χ4n) is 3.36. The molecule has 2 aromatic carbocycles. The van der Waals surface area contributed by atoms with Crippen molar-refractivity contribution in [3.63, 3.8) is 0 Å². The normalized spacial score (nSPS) is 22.1. The fourth-order valence-corrected chi connectivity index (χ4v) is 3.36. The van der Waals surface area contributed by atoms with Crippen molar-refractivity contribution >= 4 is 30.0 Å². The zero-order chi connectivity index (χ0) is 17.8. The van der Waals surface area contributed by atoms with E-state index in [9.17, 15) is 0 Å². The summed E-state index contributed by atoms with van der Waals surface area (Å²) in [5, 5.41) is 2.11. The number of anilines is 3. The van der Waals surface area contributed by atoms with Crippen molar-refractivity contribution in [2.24, 2.45) is 0 Å². The molecule has 0 fully saturated rings. The van der Waals surface area contributed by atoms with Crippen LogP contribution in [0.1, 0.15) is 16.6 Å². The zero-order valence-corrected chi connectivity index (χ0v) is 12.8. The molecule has 0 aromatic heterocycles. The van der Waals surface area contributed by atoms with Gasteiger partial charge in [-0.15, -0.1) is 0 Å². The van der Waals surface area contributed by atoms with Gasteiger partial charge in [-0.2, -0.15) is 0 Å². The number of fused-ring (bicyclic) bond motifs is 2. The van der Waals surface area contributed by atoms with Gasteiger partial charge in [0.1, 0.15) is 6.17 Å². The van der Waals surface area contributed by atoms with E-state index in [1.54, 1.807) is 0 Å². The lowest BCUT2D eigenvalue weighted by atomic mass is 9.61. The Morgan fingerprint density at radius 1 is 1.00 bits per heavy atom. The lowest BCUT2D eigenvalue weighted by molar-refractivity contribution is 0.674. The van der Waals surface area contributed by atoms with E-state index in [2.05, 4.69) is 40.9 Å². The van der Waals surface area contributed by atoms with Crippen LogP contribution in [-0.2, 0) is 0 Å². The Morgan fingerprint density at radius 3 is 2.45 bits per heavy atom. The highest BCUT2D eigenvalue weighted by Crippen LogP contribution is 2.42. The van der Waals surface area contributed by atoms with Gasteiger partial charge >= 0.3 is 6.85 Å². The van der Waals surface area contributed by atoms with Gasteiger partial charge in [0.25, 0.3) is 0 Å². The van der Waals surface area contributed by atoms with Crippen LogP contribution < -0.4 is 14.8 Å². The van der Waals surface area contributed by atoms with Gasteiger partial charge in [0.05, 0.1) is 17.1 Å². The molecule has 0 amide bonds. The maximum Gasteiger partial charge on any atom is 0.303 e. The van der Waals surface area contributed by atoms with Crippen LogP contribution in [0, 0.1) is 0 Å². The SMILES string of the molecule is [2H]C([2H])([2H])N1c2ccccc2N(N2B(C)C=Cc3ccccc32)[C@H]1C. The molecule has 2 heterocycles. The van der Waals surface area contributed by atoms with Crippen LogP contribution in [0.25, 0.3) is 6.08 Å². The first-order valence-corrected chi connectivity index (χ1v) is 7.63. The second kappa shape index (κ2) is 4.84. The average Bonchev–Trinajstić information content (AvgIpc) is 2.87. The van der Waals surface area contributed by atoms with Crippen molar-refractivity contribution in [1.82, 2.24) is 0 Å². The van der Waals surface area contributed by atoms with Crippen LogP contribution in [-0.4, -0.2) is 20.0 Å². The van der Waals surface area contributed by atoms with Crippen molar-refractivity contribution in [2.45, 2.75) is 19.9 Å². The van der Waals surface area contributed by atoms with Gasteiger partial charge in [-0.05, 0) is 30.7 Å². The summed E-state index contributed by atoms with van der Waals surface area (Å²) < 4.78 is 24.0. The molecule has 4 heteroatoms. The number of hydrogen-bond donors (Lipinski definition) is 0. The minimum absolute atomic E-state index is 0.127. The monoisotopic (exact) mass is 292 g/mol. The smallest absolute Gasteiger partial charge is 0.303 e. The maximum atomic E-state index is 7.99. The third-order valence-corrected chi connectivity index (χ3v) is 4.47. The predicted octanol–water partition coefficient (Wildman–Crippen LogP) is 3.90. The number of benzene rings is 2. The van der Waals surface area contributed by atoms with E-state index in [1.807, 2.05) is 43.3 Å². The van der Waals surface area contributed by atoms with Gasteiger partial charge < -0.3 is 9.82 Å². The molecule has 0 aliphatic carbocycles. The first-order valence-electron chi connectivity index (χ1n) is 9.13. The van der Waals surface area contributed by atoms with Crippen LogP contribution in [0.4, 0.5) is 17.1 Å². The second-order valence-electron chi connectivity index (χ2n) is 5.84. The summed E-state index contributed by atoms with van der Waals surface area (Å²) in [4.78, 5) is 3.72. The molecule has 0 N–H and O–H groups in total. The first-order chi connectivity index (χ1) is 11.9. The number of hydrazine groups is 1. The lowest BCUT2D eigenvalue weighted by Gasteiger charge is -2.43. The number of rotatable bonds is 1. The molecule has 0 unspecified atom stereocenters. The van der Waals surface area contributed by atoms with E-state index >= 15 is 0 Å². The Balaban J connectivity index is 1.87. The molecule has 2 aliphatic heterocycles. The Bertz CT molecular complexity index is 836. The summed E-state index contributed by atoms with van der Waals surface area (Å²) in [7, 11) is 0. The van der Waals surface area contributed by atoms with Crippen molar-refractivity contribution < 1.29 is 4.11 Å². The quantitative estimate of drug-likeness (QED) is 0.738. The standard InChI is InChI=1S/C18H20BN3/c1-14-20(3)17-10-6-7-11-18(17)21(14)22-16-9-5-4-8-15(16)12-13-19(22)2/h4-14H,1-3H3/t14-/m0/s1/i3D3. The first kappa shape index (κ1) is 10.4. The van der Waals surface area contributed by atoms with Crippen LogP contribution >= 0.6 is 0 Å². The summed E-state index contributed by atoms with van der Waals surface area (Å²) in [6.45, 7) is 2.00. The van der Waals surface area contributed by atoms with E-state index in [-0.39, 0.29) is 13.0 Å². The van der Waals surface area contributed by atoms with Gasteiger partial charge in [-0.1, -0.05) is 49.2 Å². The van der Waals surface area contributed by atoms with Crippen LogP contribution in [0.3, 0.4) is 0 Å². The Labute approximate surface area is 136 Å². The number of nitrogens with zero attached hydrogens (tertiary/aromatic N) is 3. The fraction of sp³-hybridized carbons (Fsp3) is 0.222. The number of hydrogen-bond acceptors (Lipinski definition) is 3. The molecule has 1 atom stereocenters. The van der Waals surface area contributed by atoms with Crippen molar-refractivity contribution in [1.29, 1.82) is 0 Å². The molecule has 0 saturated heterocycles. The van der Waals surface area contributed by atoms with Gasteiger partial charge in [0.15, 0.2) is 0 Å². The molecule has 0 spiro atoms. The minimum Gasteiger partial charge on any atom is -0.351 e. The van der Waals surface area contributed by atoms with Gasteiger partial charge in [0.2, 0.25) is 0 Å². The minimum atomic E-state index is -2.20. The summed E-state index contributed by atoms with van der Waals surface area (Å²) in [6.07, 6.45) is 1.82. The highest BCUT2D eigenvalue weighted by atomic mass is 15.7. The molecule has 110 valence electrons. The van der Waals surface area contributed by atoms with E-state index in [4.69, 9.17) is 4.11 Å². The van der Waals surface area contributed by atoms with Crippen LogP contribution in [0.15, 0.2) is 54.5 Å². The van der Waals surface area contributed by atoms with E-state index < -0.39 is 6.98 Å². The van der Waals surface area contributed by atoms with Gasteiger partial charge in [0, 0.05) is 11.1 Å². The van der Waals surface area contributed by atoms with Crippen molar-refractivity contribution in [3.8, 4) is 0 Å². The molecular formula is C18H20BN3. The molecule has 0 radical (unpaired) electrons. The molecule has 2 aliphatic rings. The number of para-hydroxylation sites is 3. The molecule has 4 rings (SSSR count). The Hall–Kier alpha value is -2.36. The maximum absolute atomic E-state index is 7.99. The summed E-state index contributed by atoms with van der Waals surface area (Å²) >= 11 is 0. The Kier molecular flexibility index (Phi) is 2.28. The molecule has 0 saturated carbocycles. The van der Waals surface area contributed by atoms with E-state index in [0.29, 0.717) is 0 Å². The molecule has 22 heavy (non-hydrogen) atoms. The summed E-state index contributed by atoms with van der Waals surface area (Å²) in [5.41, 5.74) is 3.89. The van der Waals surface area contributed by atoms with Crippen LogP contribution in [0.2, 0.25) is 6.82 Å². The largest absolute Gasteiger partial charge is 0.351 e. The molecule has 2 aromatic rings. The molecular weight excluding hydrogens is 269 g/mol. The zero-order valence-electron chi connectivity index (χ0n) is 15.8. The second-order valence-corrected chi connectivity index (χ2v) is 5.84. The van der Waals surface area contributed by atoms with E-state index in [0.717, 1.165) is 22.6 Å².